The molecular formula is C11H16BrN3O. The van der Waals surface area contributed by atoms with Gasteiger partial charge >= 0.3 is 0 Å². The number of hydrogen-bond donors (Lipinski definition) is 0. The second-order valence-electron chi connectivity index (χ2n) is 3.87. The molecule has 0 aromatic carbocycles. The minimum absolute atomic E-state index is 0.313. The van der Waals surface area contributed by atoms with Crippen molar-refractivity contribution in [1.29, 1.82) is 0 Å². The molecule has 0 aliphatic carbocycles. The number of alkyl halides is 1. The largest absolute Gasteiger partial charge is 0.375 e. The number of halogens is 1. The summed E-state index contributed by atoms with van der Waals surface area (Å²) in [5, 5.41) is 0.800. The van der Waals surface area contributed by atoms with Gasteiger partial charge in [-0.3, -0.25) is 0 Å². The van der Waals surface area contributed by atoms with Crippen molar-refractivity contribution in [2.75, 3.05) is 24.6 Å². The number of morpholine rings is 1. The van der Waals surface area contributed by atoms with Gasteiger partial charge in [-0.2, -0.15) is 0 Å². The molecule has 2 rings (SSSR count). The van der Waals surface area contributed by atoms with Gasteiger partial charge in [0.05, 0.1) is 12.7 Å². The lowest BCUT2D eigenvalue weighted by atomic mass is 10.2. The van der Waals surface area contributed by atoms with Gasteiger partial charge in [0, 0.05) is 30.8 Å². The summed E-state index contributed by atoms with van der Waals surface area (Å²) in [6, 6.07) is 0. The third-order valence-corrected chi connectivity index (χ3v) is 3.37. The Morgan fingerprint density at radius 2 is 2.25 bits per heavy atom. The molecule has 0 amide bonds. The maximum absolute atomic E-state index is 5.62. The van der Waals surface area contributed by atoms with Crippen LogP contribution in [0, 0.1) is 0 Å². The lowest BCUT2D eigenvalue weighted by Crippen LogP contribution is -2.43. The lowest BCUT2D eigenvalue weighted by molar-refractivity contribution is 0.0379. The molecule has 16 heavy (non-hydrogen) atoms. The molecule has 1 aliphatic heterocycles. The molecular weight excluding hydrogens is 270 g/mol. The predicted molar refractivity (Wildman–Crippen MR) is 66.9 cm³/mol. The fourth-order valence-electron chi connectivity index (χ4n) is 1.73. The summed E-state index contributed by atoms with van der Waals surface area (Å²) < 4.78 is 5.62. The average Bonchev–Trinajstić information content (AvgIpc) is 2.39. The molecule has 5 heteroatoms. The van der Waals surface area contributed by atoms with Crippen LogP contribution >= 0.6 is 15.9 Å². The summed E-state index contributed by atoms with van der Waals surface area (Å²) in [4.78, 5) is 10.9. The zero-order chi connectivity index (χ0) is 11.4. The fraction of sp³-hybridized carbons (Fsp3) is 0.636. The van der Waals surface area contributed by atoms with E-state index in [9.17, 15) is 0 Å². The summed E-state index contributed by atoms with van der Waals surface area (Å²) >= 11 is 3.39. The van der Waals surface area contributed by atoms with Crippen LogP contribution in [0.15, 0.2) is 12.4 Å². The Kier molecular flexibility index (Phi) is 4.12. The van der Waals surface area contributed by atoms with Gasteiger partial charge in [-0.25, -0.2) is 9.97 Å². The van der Waals surface area contributed by atoms with E-state index in [-0.39, 0.29) is 0 Å². The van der Waals surface area contributed by atoms with Gasteiger partial charge in [0.1, 0.15) is 0 Å². The minimum atomic E-state index is 0.313. The number of aromatic nitrogens is 2. The maximum Gasteiger partial charge on any atom is 0.225 e. The first-order chi connectivity index (χ1) is 7.83. The van der Waals surface area contributed by atoms with Crippen LogP contribution in [0.2, 0.25) is 0 Å². The average molecular weight is 286 g/mol. The molecule has 0 saturated carbocycles. The van der Waals surface area contributed by atoms with Crippen LogP contribution in [0.1, 0.15) is 18.9 Å². The second kappa shape index (κ2) is 5.59. The van der Waals surface area contributed by atoms with Crippen molar-refractivity contribution in [3.05, 3.63) is 18.0 Å². The second-order valence-corrected chi connectivity index (χ2v) is 4.43. The SMILES string of the molecule is CCC1CN(c2ncc(CBr)cn2)CCO1. The van der Waals surface area contributed by atoms with Crippen molar-refractivity contribution in [3.63, 3.8) is 0 Å². The first-order valence-corrected chi connectivity index (χ1v) is 6.69. The molecule has 1 aromatic heterocycles. The Morgan fingerprint density at radius 1 is 1.50 bits per heavy atom. The van der Waals surface area contributed by atoms with Crippen LogP contribution in [0.5, 0.6) is 0 Å². The Morgan fingerprint density at radius 3 is 2.88 bits per heavy atom. The molecule has 1 unspecified atom stereocenters. The molecule has 0 N–H and O–H groups in total. The van der Waals surface area contributed by atoms with E-state index in [1.807, 2.05) is 12.4 Å². The zero-order valence-electron chi connectivity index (χ0n) is 9.40. The van der Waals surface area contributed by atoms with Crippen LogP contribution in [0.4, 0.5) is 5.95 Å². The first-order valence-electron chi connectivity index (χ1n) is 5.57. The van der Waals surface area contributed by atoms with Crippen molar-refractivity contribution in [3.8, 4) is 0 Å². The standard InChI is InChI=1S/C11H16BrN3O/c1-2-10-8-15(3-4-16-10)11-13-6-9(5-12)7-14-11/h6-7,10H,2-5,8H2,1H3. The van der Waals surface area contributed by atoms with Gasteiger partial charge in [0.15, 0.2) is 0 Å². The van der Waals surface area contributed by atoms with Crippen molar-refractivity contribution in [2.24, 2.45) is 0 Å². The van der Waals surface area contributed by atoms with Crippen molar-refractivity contribution in [1.82, 2.24) is 9.97 Å². The molecule has 0 radical (unpaired) electrons. The van der Waals surface area contributed by atoms with E-state index < -0.39 is 0 Å². The molecule has 88 valence electrons. The van der Waals surface area contributed by atoms with Gasteiger partial charge < -0.3 is 9.64 Å². The summed E-state index contributed by atoms with van der Waals surface area (Å²) in [7, 11) is 0. The van der Waals surface area contributed by atoms with Gasteiger partial charge in [0.2, 0.25) is 5.95 Å². The lowest BCUT2D eigenvalue weighted by Gasteiger charge is -2.32. The van der Waals surface area contributed by atoms with Crippen LogP contribution in [0.25, 0.3) is 0 Å². The van der Waals surface area contributed by atoms with E-state index in [2.05, 4.69) is 37.7 Å². The quantitative estimate of drug-likeness (QED) is 0.796. The maximum atomic E-state index is 5.62. The van der Waals surface area contributed by atoms with Crippen LogP contribution < -0.4 is 4.90 Å². The molecule has 0 spiro atoms. The highest BCUT2D eigenvalue weighted by Crippen LogP contribution is 2.14. The van der Waals surface area contributed by atoms with Crippen molar-refractivity contribution < 1.29 is 4.74 Å². The zero-order valence-corrected chi connectivity index (χ0v) is 11.0. The van der Waals surface area contributed by atoms with Crippen LogP contribution in [0.3, 0.4) is 0 Å². The number of nitrogens with zero attached hydrogens (tertiary/aromatic N) is 3. The van der Waals surface area contributed by atoms with E-state index in [1.165, 1.54) is 0 Å². The molecule has 1 saturated heterocycles. The third-order valence-electron chi connectivity index (χ3n) is 2.72. The molecule has 1 aromatic rings. The molecule has 1 atom stereocenters. The highest BCUT2D eigenvalue weighted by Gasteiger charge is 2.20. The van der Waals surface area contributed by atoms with E-state index in [1.54, 1.807) is 0 Å². The van der Waals surface area contributed by atoms with Crippen molar-refractivity contribution >= 4 is 21.9 Å². The molecule has 4 nitrogen and oxygen atoms in total. The van der Waals surface area contributed by atoms with Crippen LogP contribution in [-0.2, 0) is 10.1 Å². The minimum Gasteiger partial charge on any atom is -0.375 e. The van der Waals surface area contributed by atoms with Gasteiger partial charge in [0.25, 0.3) is 0 Å². The first kappa shape index (κ1) is 11.8. The topological polar surface area (TPSA) is 38.2 Å². The van der Waals surface area contributed by atoms with E-state index in [0.717, 1.165) is 43.0 Å². The Balaban J connectivity index is 2.05. The Hall–Kier alpha value is -0.680. The summed E-state index contributed by atoms with van der Waals surface area (Å²) in [6.07, 6.45) is 5.09. The Labute approximate surface area is 104 Å². The number of ether oxygens (including phenoxy) is 1. The number of anilines is 1. The normalized spacial score (nSPS) is 21.1. The highest BCUT2D eigenvalue weighted by atomic mass is 79.9. The van der Waals surface area contributed by atoms with Gasteiger partial charge in [-0.05, 0) is 12.0 Å². The van der Waals surface area contributed by atoms with E-state index in [4.69, 9.17) is 4.74 Å². The predicted octanol–water partition coefficient (Wildman–Crippen LogP) is 1.99. The number of hydrogen-bond acceptors (Lipinski definition) is 4. The summed E-state index contributed by atoms with van der Waals surface area (Å²) in [5.74, 6) is 0.812. The Bertz CT molecular complexity index is 331. The van der Waals surface area contributed by atoms with E-state index >= 15 is 0 Å². The molecule has 1 fully saturated rings. The van der Waals surface area contributed by atoms with Crippen LogP contribution in [-0.4, -0.2) is 35.8 Å². The van der Waals surface area contributed by atoms with E-state index in [0.29, 0.717) is 6.10 Å². The molecule has 1 aliphatic rings. The van der Waals surface area contributed by atoms with Crippen molar-refractivity contribution in [2.45, 2.75) is 24.8 Å². The monoisotopic (exact) mass is 285 g/mol. The molecule has 0 bridgehead atoms. The fourth-order valence-corrected chi connectivity index (χ4v) is 2.02. The summed E-state index contributed by atoms with van der Waals surface area (Å²) in [6.45, 7) is 4.68. The number of rotatable bonds is 3. The third kappa shape index (κ3) is 2.71. The molecule has 2 heterocycles. The van der Waals surface area contributed by atoms with Gasteiger partial charge in [-0.1, -0.05) is 22.9 Å². The van der Waals surface area contributed by atoms with Gasteiger partial charge in [-0.15, -0.1) is 0 Å². The smallest absolute Gasteiger partial charge is 0.225 e. The summed E-state index contributed by atoms with van der Waals surface area (Å²) in [5.41, 5.74) is 1.10. The highest BCUT2D eigenvalue weighted by molar-refractivity contribution is 9.08.